The summed E-state index contributed by atoms with van der Waals surface area (Å²) >= 11 is 1.21. The third kappa shape index (κ3) is 2.97. The standard InChI is InChI=1S/C4H4N2O2S.Li/c7-4(8)1-3-6-5-2-9-3;/h2H,1H2,(H,7,8);/q;+1/p-1. The Morgan fingerprint density at radius 1 is 1.80 bits per heavy atom. The van der Waals surface area contributed by atoms with E-state index in [1.807, 2.05) is 0 Å². The Hall–Kier alpha value is -0.373. The second-order valence-corrected chi connectivity index (χ2v) is 2.30. The van der Waals surface area contributed by atoms with E-state index in [2.05, 4.69) is 10.2 Å². The van der Waals surface area contributed by atoms with Gasteiger partial charge >= 0.3 is 18.9 Å². The van der Waals surface area contributed by atoms with E-state index in [4.69, 9.17) is 0 Å². The number of hydrogen-bond acceptors (Lipinski definition) is 5. The van der Waals surface area contributed by atoms with Crippen molar-refractivity contribution >= 4 is 17.3 Å². The molecule has 0 amide bonds. The number of rotatable bonds is 2. The normalized spacial score (nSPS) is 8.40. The summed E-state index contributed by atoms with van der Waals surface area (Å²) in [7, 11) is 0. The van der Waals surface area contributed by atoms with Gasteiger partial charge < -0.3 is 9.90 Å². The monoisotopic (exact) mass is 150 g/mol. The molecule has 6 heteroatoms. The van der Waals surface area contributed by atoms with Crippen LogP contribution in [-0.4, -0.2) is 16.2 Å². The van der Waals surface area contributed by atoms with Gasteiger partial charge in [-0.05, 0) is 0 Å². The molecule has 0 N–H and O–H groups in total. The molecule has 0 fully saturated rings. The average molecular weight is 150 g/mol. The van der Waals surface area contributed by atoms with Gasteiger partial charge in [0.25, 0.3) is 0 Å². The molecule has 0 bridgehead atoms. The fraction of sp³-hybridized carbons (Fsp3) is 0.250. The molecule has 0 saturated heterocycles. The maximum absolute atomic E-state index is 9.89. The van der Waals surface area contributed by atoms with Crippen molar-refractivity contribution < 1.29 is 28.8 Å². The first kappa shape index (κ1) is 9.63. The summed E-state index contributed by atoms with van der Waals surface area (Å²) < 4.78 is 0. The smallest absolute Gasteiger partial charge is 0.550 e. The summed E-state index contributed by atoms with van der Waals surface area (Å²) in [5.41, 5.74) is 1.48. The average Bonchev–Trinajstić information content (AvgIpc) is 2.15. The number of carboxylic acids is 1. The van der Waals surface area contributed by atoms with Crippen LogP contribution < -0.4 is 24.0 Å². The van der Waals surface area contributed by atoms with Crippen molar-refractivity contribution in [3.8, 4) is 0 Å². The predicted octanol–water partition coefficient (Wildman–Crippen LogP) is -4.17. The van der Waals surface area contributed by atoms with E-state index < -0.39 is 5.97 Å². The van der Waals surface area contributed by atoms with Crippen LogP contribution >= 0.6 is 11.3 Å². The van der Waals surface area contributed by atoms with E-state index in [9.17, 15) is 9.90 Å². The molecule has 4 nitrogen and oxygen atoms in total. The first-order valence-corrected chi connectivity index (χ1v) is 3.12. The zero-order valence-electron chi connectivity index (χ0n) is 5.40. The third-order valence-electron chi connectivity index (χ3n) is 0.701. The summed E-state index contributed by atoms with van der Waals surface area (Å²) in [5, 5.41) is 17.3. The van der Waals surface area contributed by atoms with Crippen LogP contribution in [0.1, 0.15) is 5.01 Å². The second-order valence-electron chi connectivity index (χ2n) is 1.38. The molecule has 1 aromatic heterocycles. The van der Waals surface area contributed by atoms with Crippen molar-refractivity contribution in [2.75, 3.05) is 0 Å². The zero-order chi connectivity index (χ0) is 6.69. The van der Waals surface area contributed by atoms with Crippen molar-refractivity contribution in [2.45, 2.75) is 6.42 Å². The van der Waals surface area contributed by atoms with E-state index in [0.717, 1.165) is 0 Å². The number of carbonyl (C=O) groups excluding carboxylic acids is 1. The molecule has 48 valence electrons. The van der Waals surface area contributed by atoms with Crippen LogP contribution in [0, 0.1) is 0 Å². The van der Waals surface area contributed by atoms with Gasteiger partial charge in [0.05, 0.1) is 0 Å². The zero-order valence-corrected chi connectivity index (χ0v) is 6.22. The molecule has 0 aliphatic carbocycles. The SMILES string of the molecule is O=C([O-])Cc1nncs1.[Li+]. The molecular weight excluding hydrogens is 147 g/mol. The maximum atomic E-state index is 9.89. The molecule has 1 rings (SSSR count). The minimum Gasteiger partial charge on any atom is -0.550 e. The number of aliphatic carboxylic acids is 1. The first-order chi connectivity index (χ1) is 4.29. The van der Waals surface area contributed by atoms with Gasteiger partial charge in [-0.25, -0.2) is 0 Å². The number of nitrogens with zero attached hydrogens (tertiary/aromatic N) is 2. The fourth-order valence-electron chi connectivity index (χ4n) is 0.396. The number of aromatic nitrogens is 2. The van der Waals surface area contributed by atoms with E-state index in [0.29, 0.717) is 5.01 Å². The van der Waals surface area contributed by atoms with Crippen LogP contribution in [0.2, 0.25) is 0 Å². The maximum Gasteiger partial charge on any atom is 1.00 e. The molecule has 0 aliphatic heterocycles. The molecule has 0 saturated carbocycles. The molecule has 10 heavy (non-hydrogen) atoms. The number of carboxylic acid groups (broad SMARTS) is 1. The first-order valence-electron chi connectivity index (χ1n) is 2.24. The largest absolute Gasteiger partial charge is 1.00 e. The van der Waals surface area contributed by atoms with E-state index >= 15 is 0 Å². The third-order valence-corrected chi connectivity index (χ3v) is 1.40. The van der Waals surface area contributed by atoms with Gasteiger partial charge in [0.15, 0.2) is 0 Å². The van der Waals surface area contributed by atoms with Crippen molar-refractivity contribution in [2.24, 2.45) is 0 Å². The Morgan fingerprint density at radius 3 is 2.90 bits per heavy atom. The van der Waals surface area contributed by atoms with Gasteiger partial charge in [-0.2, -0.15) is 0 Å². The van der Waals surface area contributed by atoms with Crippen molar-refractivity contribution in [1.29, 1.82) is 0 Å². The summed E-state index contributed by atoms with van der Waals surface area (Å²) in [6, 6.07) is 0. The molecule has 0 unspecified atom stereocenters. The van der Waals surface area contributed by atoms with Crippen molar-refractivity contribution in [3.05, 3.63) is 10.5 Å². The van der Waals surface area contributed by atoms with Gasteiger partial charge in [-0.3, -0.25) is 0 Å². The minimum absolute atomic E-state index is 0. The van der Waals surface area contributed by atoms with Crippen LogP contribution in [0.4, 0.5) is 0 Å². The van der Waals surface area contributed by atoms with Crippen LogP contribution in [0.25, 0.3) is 0 Å². The minimum atomic E-state index is -1.12. The molecule has 0 radical (unpaired) electrons. The Labute approximate surface area is 73.5 Å². The quantitative estimate of drug-likeness (QED) is 0.401. The predicted molar refractivity (Wildman–Crippen MR) is 28.6 cm³/mol. The summed E-state index contributed by atoms with van der Waals surface area (Å²) in [4.78, 5) is 9.89. The van der Waals surface area contributed by atoms with Crippen LogP contribution in [0.5, 0.6) is 0 Å². The summed E-state index contributed by atoms with van der Waals surface area (Å²) in [5.74, 6) is -1.12. The number of carbonyl (C=O) groups is 1. The summed E-state index contributed by atoms with van der Waals surface area (Å²) in [6.45, 7) is 0. The molecule has 1 aromatic rings. The molecule has 0 atom stereocenters. The van der Waals surface area contributed by atoms with Gasteiger partial charge in [0.2, 0.25) is 0 Å². The van der Waals surface area contributed by atoms with Crippen LogP contribution in [-0.2, 0) is 11.2 Å². The van der Waals surface area contributed by atoms with Crippen LogP contribution in [0.15, 0.2) is 5.51 Å². The summed E-state index contributed by atoms with van der Waals surface area (Å²) in [6.07, 6.45) is -0.134. The van der Waals surface area contributed by atoms with Gasteiger partial charge in [0.1, 0.15) is 10.5 Å². The van der Waals surface area contributed by atoms with E-state index in [1.165, 1.54) is 16.8 Å². The molecular formula is C4H3LiN2O2S. The van der Waals surface area contributed by atoms with Gasteiger partial charge in [-0.1, -0.05) is 0 Å². The van der Waals surface area contributed by atoms with Crippen LogP contribution in [0.3, 0.4) is 0 Å². The van der Waals surface area contributed by atoms with Gasteiger partial charge in [-0.15, -0.1) is 21.5 Å². The van der Waals surface area contributed by atoms with E-state index in [-0.39, 0.29) is 25.3 Å². The van der Waals surface area contributed by atoms with Gasteiger partial charge in [0, 0.05) is 12.4 Å². The topological polar surface area (TPSA) is 65.9 Å². The Kier molecular flexibility index (Phi) is 4.28. The fourth-order valence-corrected chi connectivity index (χ4v) is 0.908. The molecule has 0 aliphatic rings. The Morgan fingerprint density at radius 2 is 2.50 bits per heavy atom. The number of hydrogen-bond donors (Lipinski definition) is 0. The van der Waals surface area contributed by atoms with Crippen molar-refractivity contribution in [1.82, 2.24) is 10.2 Å². The Balaban J connectivity index is 0.000000810. The van der Waals surface area contributed by atoms with Crippen molar-refractivity contribution in [3.63, 3.8) is 0 Å². The second kappa shape index (κ2) is 4.44. The van der Waals surface area contributed by atoms with E-state index in [1.54, 1.807) is 0 Å². The molecule has 0 aromatic carbocycles. The Bertz CT molecular complexity index is 201. The molecule has 1 heterocycles. The molecule has 0 spiro atoms.